The Morgan fingerprint density at radius 2 is 0.673 bits per heavy atom. The lowest BCUT2D eigenvalue weighted by molar-refractivity contribution is 0.568. The van der Waals surface area contributed by atoms with Crippen molar-refractivity contribution in [3.63, 3.8) is 0 Å². The van der Waals surface area contributed by atoms with Gasteiger partial charge in [-0.05, 0) is 141 Å². The molecule has 0 N–H and O–H groups in total. The van der Waals surface area contributed by atoms with Gasteiger partial charge in [0.1, 0.15) is 0 Å². The van der Waals surface area contributed by atoms with Gasteiger partial charge < -0.3 is 14.4 Å². The fourth-order valence-corrected chi connectivity index (χ4v) is 14.9. The van der Waals surface area contributed by atoms with Crippen molar-refractivity contribution in [3.05, 3.63) is 302 Å². The van der Waals surface area contributed by atoms with E-state index in [4.69, 9.17) is 9.97 Å². The topological polar surface area (TPSA) is 37.2 Å². The first-order chi connectivity index (χ1) is 48.8. The summed E-state index contributed by atoms with van der Waals surface area (Å²) in [6, 6.07) is 83.2. The number of fused-ring (bicyclic) bond motifs is 7. The van der Waals surface area contributed by atoms with Gasteiger partial charge in [-0.1, -0.05) is 301 Å². The number of para-hydroxylation sites is 2. The first-order valence-electron chi connectivity index (χ1n) is 36.4. The predicted molar refractivity (Wildman–Crippen MR) is 418 cm³/mol. The van der Waals surface area contributed by atoms with Crippen molar-refractivity contribution in [1.82, 2.24) is 14.5 Å². The van der Waals surface area contributed by atoms with Crippen LogP contribution in [0.2, 0.25) is 0 Å². The van der Waals surface area contributed by atoms with Crippen LogP contribution in [0.3, 0.4) is 0 Å². The average molecular weight is 1270 g/mol. The molecule has 0 saturated carbocycles. The molecule has 0 radical (unpaired) electrons. The van der Waals surface area contributed by atoms with E-state index in [-0.39, 0.29) is 45.8 Å². The minimum absolute atomic E-state index is 0.0862. The number of anilines is 6. The van der Waals surface area contributed by atoms with Crippen LogP contribution in [0.25, 0.3) is 94.3 Å². The monoisotopic (exact) mass is 1270 g/mol. The first kappa shape index (κ1) is 57.4. The Bertz CT molecular complexity index is 5220. The van der Waals surface area contributed by atoms with Crippen LogP contribution in [0.1, 0.15) is 111 Å². The lowest BCUT2D eigenvalue weighted by Gasteiger charge is -2.46. The Labute approximate surface area is 584 Å². The van der Waals surface area contributed by atoms with Crippen molar-refractivity contribution in [2.45, 2.75) is 105 Å². The number of rotatable bonds is 9. The van der Waals surface area contributed by atoms with E-state index in [1.165, 1.54) is 22.3 Å². The highest BCUT2D eigenvalue weighted by Crippen LogP contribution is 2.54. The summed E-state index contributed by atoms with van der Waals surface area (Å²) in [6.45, 7) is 27.3. The third-order valence-electron chi connectivity index (χ3n) is 20.2. The van der Waals surface area contributed by atoms with Gasteiger partial charge in [-0.3, -0.25) is 9.97 Å². The Morgan fingerprint density at radius 3 is 1.05 bits per heavy atom. The Balaban J connectivity index is 1.14. The molecule has 0 bridgehead atoms. The van der Waals surface area contributed by atoms with Crippen LogP contribution in [0.4, 0.5) is 34.1 Å². The third-order valence-corrected chi connectivity index (χ3v) is 20.2. The largest absolute Gasteiger partial charge is 0.310 e. The Kier molecular flexibility index (Phi) is 13.8. The number of benzene rings is 11. The molecule has 478 valence electrons. The second-order valence-corrected chi connectivity index (χ2v) is 30.9. The van der Waals surface area contributed by atoms with Crippen LogP contribution in [-0.4, -0.2) is 21.2 Å². The summed E-state index contributed by atoms with van der Waals surface area (Å²) in [5, 5.41) is 1.18. The molecule has 16 rings (SSSR count). The maximum atomic E-state index is 10.0. The molecule has 5 heterocycles. The highest BCUT2D eigenvalue weighted by atomic mass is 15.2. The van der Waals surface area contributed by atoms with Gasteiger partial charge >= 0.3 is 0 Å². The van der Waals surface area contributed by atoms with E-state index in [1.54, 1.807) is 0 Å². The zero-order valence-corrected chi connectivity index (χ0v) is 58.1. The number of aromatic nitrogens is 3. The van der Waals surface area contributed by atoms with Crippen LogP contribution in [0.5, 0.6) is 0 Å². The van der Waals surface area contributed by atoms with Crippen molar-refractivity contribution in [2.75, 3.05) is 9.80 Å². The van der Waals surface area contributed by atoms with Crippen LogP contribution >= 0.6 is 0 Å². The maximum absolute atomic E-state index is 10.0. The van der Waals surface area contributed by atoms with Crippen molar-refractivity contribution in [3.8, 4) is 72.4 Å². The van der Waals surface area contributed by atoms with Gasteiger partial charge in [0, 0.05) is 80.6 Å². The van der Waals surface area contributed by atoms with Gasteiger partial charge in [0.2, 0.25) is 0 Å². The van der Waals surface area contributed by atoms with Crippen molar-refractivity contribution in [2.24, 2.45) is 0 Å². The second-order valence-electron chi connectivity index (χ2n) is 30.9. The van der Waals surface area contributed by atoms with Gasteiger partial charge in [-0.2, -0.15) is 0 Å². The summed E-state index contributed by atoms with van der Waals surface area (Å²) in [5.74, 6) is 0. The third kappa shape index (κ3) is 10.7. The highest BCUT2D eigenvalue weighted by molar-refractivity contribution is 7.00. The number of hydrogen-bond donors (Lipinski definition) is 0. The van der Waals surface area contributed by atoms with E-state index in [1.807, 2.05) is 49.1 Å². The molecule has 11 aromatic carbocycles. The van der Waals surface area contributed by atoms with E-state index in [2.05, 4.69) is 304 Å². The second kappa shape index (κ2) is 23.5. The SMILES string of the molecule is [2H]c1c([2H])c([2H])c2c(c1[2H])c1ccccc1n2-c1cc2c3c(c1)N(c1c(-c4ccccc4)cncc1-c1ccccc1)c1ccc(-c4cc(C(C)(C)C)cc(C(C)(C)C)c4)cc1B3c1cc(-c3cc(C(C)(C)C)cc(C(C)(C)C)c3)ccc1N2c1c(-c2ccccc2)cncc1-c1ccccc1. The molecule has 14 aromatic rings. The molecule has 2 aliphatic heterocycles. The smallest absolute Gasteiger partial charge is 0.252 e. The van der Waals surface area contributed by atoms with E-state index in [9.17, 15) is 5.48 Å². The molecule has 0 aliphatic carbocycles. The minimum atomic E-state index is -0.429. The van der Waals surface area contributed by atoms with E-state index < -0.39 is 6.71 Å². The summed E-state index contributed by atoms with van der Waals surface area (Å²) in [5.41, 5.74) is 27.5. The summed E-state index contributed by atoms with van der Waals surface area (Å²) < 4.78 is 40.5. The predicted octanol–water partition coefficient (Wildman–Crippen LogP) is 22.8. The molecule has 2 aliphatic rings. The molecule has 0 amide bonds. The van der Waals surface area contributed by atoms with E-state index >= 15 is 0 Å². The zero-order valence-electron chi connectivity index (χ0n) is 62.1. The van der Waals surface area contributed by atoms with Crippen LogP contribution < -0.4 is 26.2 Å². The van der Waals surface area contributed by atoms with Gasteiger partial charge in [0.05, 0.1) is 33.6 Å². The molecular weight excluding hydrogens is 1190 g/mol. The molecule has 0 spiro atoms. The highest BCUT2D eigenvalue weighted by Gasteiger charge is 2.46. The summed E-state index contributed by atoms with van der Waals surface area (Å²) >= 11 is 0. The molecule has 0 atom stereocenters. The normalized spacial score (nSPS) is 13.6. The Hall–Kier alpha value is -10.8. The first-order valence-corrected chi connectivity index (χ1v) is 34.4. The molecule has 0 fully saturated rings. The minimum Gasteiger partial charge on any atom is -0.310 e. The molecule has 98 heavy (non-hydrogen) atoms. The quantitative estimate of drug-likeness (QED) is 0.135. The number of pyridine rings is 2. The zero-order chi connectivity index (χ0) is 71.1. The van der Waals surface area contributed by atoms with Crippen LogP contribution in [-0.2, 0) is 21.7 Å². The number of hydrogen-bond acceptors (Lipinski definition) is 4. The van der Waals surface area contributed by atoms with Crippen LogP contribution in [0.15, 0.2) is 279 Å². The molecule has 3 aromatic heterocycles. The average Bonchev–Trinajstić information content (AvgIpc) is 0.984. The van der Waals surface area contributed by atoms with Crippen LogP contribution in [0, 0.1) is 0 Å². The fraction of sp³-hybridized carbons (Fsp3) is 0.174. The standard InChI is InChI=1S/C92H82BN5/c1-89(2,3)67-45-65(46-68(51-67)90(4,5)6)63-41-43-82-78(49-63)93-79-50-64(66-47-69(91(7,8)9)52-70(48-66)92(10,11)12)42-44-83(79)98(88-76(61-33-21-15-22-34-61)57-95-58-77(88)62-35-23-16-24-36-62)85-54-71(96-80-39-27-25-37-72(80)73-38-26-28-40-81(73)96)53-84(86(85)93)97(82)87-74(59-29-17-13-18-30-59)55-94-56-75(87)60-31-19-14-20-32-60/h13-58H,1-12H3/i25D,27D,37D,39D. The molecule has 0 unspecified atom stereocenters. The fourth-order valence-electron chi connectivity index (χ4n) is 14.9. The maximum Gasteiger partial charge on any atom is 0.252 e. The summed E-state index contributed by atoms with van der Waals surface area (Å²) in [6.07, 6.45) is 8.07. The van der Waals surface area contributed by atoms with Crippen molar-refractivity contribution in [1.29, 1.82) is 0 Å². The molecule has 6 heteroatoms. The summed E-state index contributed by atoms with van der Waals surface area (Å²) in [7, 11) is 0. The summed E-state index contributed by atoms with van der Waals surface area (Å²) in [4.78, 5) is 15.3. The molecule has 0 saturated heterocycles. The number of nitrogens with zero attached hydrogens (tertiary/aromatic N) is 5. The lowest BCUT2D eigenvalue weighted by atomic mass is 9.33. The van der Waals surface area contributed by atoms with Gasteiger partial charge in [0.15, 0.2) is 0 Å². The van der Waals surface area contributed by atoms with Crippen molar-refractivity contribution >= 4 is 79.0 Å². The lowest BCUT2D eigenvalue weighted by Crippen LogP contribution is -2.61. The van der Waals surface area contributed by atoms with Gasteiger partial charge in [-0.25, -0.2) is 0 Å². The van der Waals surface area contributed by atoms with Gasteiger partial charge in [0.25, 0.3) is 6.71 Å². The molecule has 5 nitrogen and oxygen atoms in total. The Morgan fingerprint density at radius 1 is 0.316 bits per heavy atom. The van der Waals surface area contributed by atoms with Crippen molar-refractivity contribution < 1.29 is 5.48 Å². The van der Waals surface area contributed by atoms with Gasteiger partial charge in [-0.15, -0.1) is 0 Å². The van der Waals surface area contributed by atoms with E-state index in [0.717, 1.165) is 128 Å². The van der Waals surface area contributed by atoms with E-state index in [0.29, 0.717) is 16.6 Å². The molecular formula is C92H82BN5.